The molecule has 1 aromatic carbocycles. The van der Waals surface area contributed by atoms with E-state index in [1.54, 1.807) is 7.11 Å². The first kappa shape index (κ1) is 9.49. The van der Waals surface area contributed by atoms with Crippen molar-refractivity contribution >= 4 is 5.69 Å². The third kappa shape index (κ3) is 1.89. The van der Waals surface area contributed by atoms with E-state index >= 15 is 0 Å². The van der Waals surface area contributed by atoms with Crippen molar-refractivity contribution in [1.29, 1.82) is 0 Å². The van der Waals surface area contributed by atoms with Gasteiger partial charge in [-0.1, -0.05) is 18.2 Å². The maximum Gasteiger partial charge on any atom is 0.153 e. The fourth-order valence-electron chi connectivity index (χ4n) is 1.72. The molecular formula is C11H15NO2. The Labute approximate surface area is 84.2 Å². The molecule has 1 fully saturated rings. The molecule has 0 amide bonds. The molecule has 14 heavy (non-hydrogen) atoms. The van der Waals surface area contributed by atoms with Crippen molar-refractivity contribution in [3.63, 3.8) is 0 Å². The van der Waals surface area contributed by atoms with E-state index in [0.29, 0.717) is 6.61 Å². The van der Waals surface area contributed by atoms with Gasteiger partial charge in [0.1, 0.15) is 0 Å². The lowest BCUT2D eigenvalue weighted by atomic mass is 10.3. The van der Waals surface area contributed by atoms with Gasteiger partial charge in [0, 0.05) is 19.3 Å². The SMILES string of the molecule is COCC1OCCN1c1ccccc1. The van der Waals surface area contributed by atoms with Crippen LogP contribution in [0.4, 0.5) is 5.69 Å². The maximum atomic E-state index is 5.56. The highest BCUT2D eigenvalue weighted by Gasteiger charge is 2.24. The molecule has 76 valence electrons. The number of hydrogen-bond donors (Lipinski definition) is 0. The molecule has 0 aromatic heterocycles. The van der Waals surface area contributed by atoms with E-state index < -0.39 is 0 Å². The molecule has 0 N–H and O–H groups in total. The van der Waals surface area contributed by atoms with Crippen LogP contribution >= 0.6 is 0 Å². The number of benzene rings is 1. The molecule has 3 nitrogen and oxygen atoms in total. The summed E-state index contributed by atoms with van der Waals surface area (Å²) in [5, 5.41) is 0. The molecule has 1 unspecified atom stereocenters. The van der Waals surface area contributed by atoms with Crippen molar-refractivity contribution in [1.82, 2.24) is 0 Å². The van der Waals surface area contributed by atoms with E-state index in [1.807, 2.05) is 18.2 Å². The monoisotopic (exact) mass is 193 g/mol. The van der Waals surface area contributed by atoms with Crippen molar-refractivity contribution < 1.29 is 9.47 Å². The Bertz CT molecular complexity index is 276. The molecule has 0 saturated carbocycles. The fourth-order valence-corrected chi connectivity index (χ4v) is 1.72. The molecule has 1 aliphatic rings. The highest BCUT2D eigenvalue weighted by molar-refractivity contribution is 5.47. The van der Waals surface area contributed by atoms with E-state index in [9.17, 15) is 0 Å². The molecule has 0 spiro atoms. The van der Waals surface area contributed by atoms with Gasteiger partial charge in [0.05, 0.1) is 13.2 Å². The molecule has 0 aliphatic carbocycles. The summed E-state index contributed by atoms with van der Waals surface area (Å²) < 4.78 is 10.7. The first-order chi connectivity index (χ1) is 6.92. The molecule has 3 heteroatoms. The summed E-state index contributed by atoms with van der Waals surface area (Å²) in [5.74, 6) is 0. The Kier molecular flexibility index (Phi) is 3.01. The van der Waals surface area contributed by atoms with E-state index in [-0.39, 0.29) is 6.23 Å². The van der Waals surface area contributed by atoms with Crippen molar-refractivity contribution in [3.05, 3.63) is 30.3 Å². The van der Waals surface area contributed by atoms with Gasteiger partial charge in [0.15, 0.2) is 6.23 Å². The summed E-state index contributed by atoms with van der Waals surface area (Å²) in [4.78, 5) is 2.23. The van der Waals surface area contributed by atoms with Crippen LogP contribution in [0.25, 0.3) is 0 Å². The molecule has 1 atom stereocenters. The van der Waals surface area contributed by atoms with Crippen LogP contribution in [0.5, 0.6) is 0 Å². The van der Waals surface area contributed by atoms with Crippen LogP contribution in [0.15, 0.2) is 30.3 Å². The summed E-state index contributed by atoms with van der Waals surface area (Å²) in [6, 6.07) is 10.3. The first-order valence-electron chi connectivity index (χ1n) is 4.84. The van der Waals surface area contributed by atoms with Crippen molar-refractivity contribution in [2.45, 2.75) is 6.23 Å². The summed E-state index contributed by atoms with van der Waals surface area (Å²) >= 11 is 0. The second-order valence-electron chi connectivity index (χ2n) is 3.31. The van der Waals surface area contributed by atoms with Gasteiger partial charge in [-0.05, 0) is 12.1 Å². The second kappa shape index (κ2) is 4.44. The highest BCUT2D eigenvalue weighted by Crippen LogP contribution is 2.20. The van der Waals surface area contributed by atoms with E-state index in [4.69, 9.17) is 9.47 Å². The molecule has 1 aromatic rings. The van der Waals surface area contributed by atoms with Gasteiger partial charge in [-0.25, -0.2) is 0 Å². The van der Waals surface area contributed by atoms with Gasteiger partial charge in [-0.3, -0.25) is 0 Å². The third-order valence-corrected chi connectivity index (χ3v) is 2.39. The highest BCUT2D eigenvalue weighted by atomic mass is 16.5. The Morgan fingerprint density at radius 1 is 1.43 bits per heavy atom. The minimum Gasteiger partial charge on any atom is -0.380 e. The largest absolute Gasteiger partial charge is 0.380 e. The van der Waals surface area contributed by atoms with Crippen molar-refractivity contribution in [2.75, 3.05) is 31.8 Å². The predicted octanol–water partition coefficient (Wildman–Crippen LogP) is 1.50. The van der Waals surface area contributed by atoms with E-state index in [2.05, 4.69) is 17.0 Å². The van der Waals surface area contributed by atoms with Gasteiger partial charge in [0.2, 0.25) is 0 Å². The Morgan fingerprint density at radius 3 is 2.93 bits per heavy atom. The Balaban J connectivity index is 2.10. The smallest absolute Gasteiger partial charge is 0.153 e. The fraction of sp³-hybridized carbons (Fsp3) is 0.455. The first-order valence-corrected chi connectivity index (χ1v) is 4.84. The zero-order valence-electron chi connectivity index (χ0n) is 8.35. The molecule has 1 heterocycles. The topological polar surface area (TPSA) is 21.7 Å². The zero-order chi connectivity index (χ0) is 9.80. The van der Waals surface area contributed by atoms with Crippen LogP contribution in [0, 0.1) is 0 Å². The lowest BCUT2D eigenvalue weighted by Gasteiger charge is -2.24. The maximum absolute atomic E-state index is 5.56. The molecule has 0 bridgehead atoms. The van der Waals surface area contributed by atoms with E-state index in [1.165, 1.54) is 5.69 Å². The number of rotatable bonds is 3. The standard InChI is InChI=1S/C11H15NO2/c1-13-9-11-12(7-8-14-11)10-5-3-2-4-6-10/h2-6,11H,7-9H2,1H3. The predicted molar refractivity (Wildman–Crippen MR) is 55.4 cm³/mol. The molecule has 1 saturated heterocycles. The number of anilines is 1. The minimum atomic E-state index is 0.0717. The van der Waals surface area contributed by atoms with Gasteiger partial charge >= 0.3 is 0 Å². The normalized spacial score (nSPS) is 21.5. The zero-order valence-corrected chi connectivity index (χ0v) is 8.35. The summed E-state index contributed by atoms with van der Waals surface area (Å²) in [6.45, 7) is 2.34. The lowest BCUT2D eigenvalue weighted by molar-refractivity contribution is 0.0392. The van der Waals surface area contributed by atoms with Crippen LogP contribution in [-0.2, 0) is 9.47 Å². The molecular weight excluding hydrogens is 178 g/mol. The average Bonchev–Trinajstić information content (AvgIpc) is 2.68. The Morgan fingerprint density at radius 2 is 2.21 bits per heavy atom. The van der Waals surface area contributed by atoms with Gasteiger partial charge in [-0.15, -0.1) is 0 Å². The summed E-state index contributed by atoms with van der Waals surface area (Å²) in [6.07, 6.45) is 0.0717. The van der Waals surface area contributed by atoms with Gasteiger partial charge in [-0.2, -0.15) is 0 Å². The van der Waals surface area contributed by atoms with Crippen LogP contribution in [-0.4, -0.2) is 33.1 Å². The number of nitrogens with zero attached hydrogens (tertiary/aromatic N) is 1. The molecule has 2 rings (SSSR count). The molecule has 0 radical (unpaired) electrons. The average molecular weight is 193 g/mol. The van der Waals surface area contributed by atoms with Crippen LogP contribution in [0.1, 0.15) is 0 Å². The minimum absolute atomic E-state index is 0.0717. The van der Waals surface area contributed by atoms with Crippen LogP contribution < -0.4 is 4.90 Å². The van der Waals surface area contributed by atoms with Gasteiger partial charge < -0.3 is 14.4 Å². The van der Waals surface area contributed by atoms with Crippen molar-refractivity contribution in [3.8, 4) is 0 Å². The van der Waals surface area contributed by atoms with E-state index in [0.717, 1.165) is 13.2 Å². The number of ether oxygens (including phenoxy) is 2. The number of hydrogen-bond acceptors (Lipinski definition) is 3. The Hall–Kier alpha value is -1.06. The third-order valence-electron chi connectivity index (χ3n) is 2.39. The lowest BCUT2D eigenvalue weighted by Crippen LogP contribution is -2.33. The number of methoxy groups -OCH3 is 1. The number of para-hydroxylation sites is 1. The van der Waals surface area contributed by atoms with Crippen molar-refractivity contribution in [2.24, 2.45) is 0 Å². The summed E-state index contributed by atoms with van der Waals surface area (Å²) in [5.41, 5.74) is 1.20. The van der Waals surface area contributed by atoms with Crippen LogP contribution in [0.2, 0.25) is 0 Å². The second-order valence-corrected chi connectivity index (χ2v) is 3.31. The van der Waals surface area contributed by atoms with Gasteiger partial charge in [0.25, 0.3) is 0 Å². The summed E-state index contributed by atoms with van der Waals surface area (Å²) in [7, 11) is 1.70. The molecule has 1 aliphatic heterocycles. The van der Waals surface area contributed by atoms with Crippen LogP contribution in [0.3, 0.4) is 0 Å². The quantitative estimate of drug-likeness (QED) is 0.726.